The molecule has 0 fully saturated rings. The summed E-state index contributed by atoms with van der Waals surface area (Å²) in [5.74, 6) is -0.636. The van der Waals surface area contributed by atoms with Gasteiger partial charge in [0, 0.05) is 16.9 Å². The van der Waals surface area contributed by atoms with Crippen molar-refractivity contribution in [1.29, 1.82) is 0 Å². The summed E-state index contributed by atoms with van der Waals surface area (Å²) < 4.78 is 0. The molecule has 92 valence electrons. The summed E-state index contributed by atoms with van der Waals surface area (Å²) in [5.41, 5.74) is 0.707. The number of aliphatic carboxylic acids is 1. The van der Waals surface area contributed by atoms with Crippen LogP contribution in [0.3, 0.4) is 0 Å². The number of hydrogen-bond acceptors (Lipinski definition) is 3. The number of carboxylic acids is 1. The van der Waals surface area contributed by atoms with Crippen molar-refractivity contribution in [2.75, 3.05) is 5.75 Å². The fourth-order valence-electron chi connectivity index (χ4n) is 1.36. The maximum atomic E-state index is 11.7. The third-order valence-corrected chi connectivity index (χ3v) is 3.29. The highest BCUT2D eigenvalue weighted by Gasteiger charge is 2.05. The van der Waals surface area contributed by atoms with Gasteiger partial charge in [-0.2, -0.15) is 0 Å². The molecule has 0 saturated carbocycles. The Kier molecular flexibility index (Phi) is 5.77. The molecule has 1 N–H and O–H groups in total. The highest BCUT2D eigenvalue weighted by atomic mass is 32.2. The SMILES string of the molecule is CCCCC(=O)c1ccc(SCC(=O)O)cc1. The standard InChI is InChI=1S/C13H16O3S/c1-2-3-4-12(14)10-5-7-11(8-6-10)17-9-13(15)16/h5-8H,2-4,9H2,1H3,(H,15,16). The van der Waals surface area contributed by atoms with Crippen LogP contribution >= 0.6 is 11.8 Å². The molecule has 1 aromatic carbocycles. The van der Waals surface area contributed by atoms with Gasteiger partial charge in [0.1, 0.15) is 0 Å². The lowest BCUT2D eigenvalue weighted by Crippen LogP contribution is -1.99. The first-order valence-electron chi connectivity index (χ1n) is 5.61. The van der Waals surface area contributed by atoms with E-state index in [1.165, 1.54) is 11.8 Å². The van der Waals surface area contributed by atoms with E-state index in [1.807, 2.05) is 0 Å². The van der Waals surface area contributed by atoms with Crippen LogP contribution in [0.25, 0.3) is 0 Å². The Labute approximate surface area is 105 Å². The molecule has 0 aliphatic rings. The molecule has 0 radical (unpaired) electrons. The van der Waals surface area contributed by atoms with Crippen molar-refractivity contribution in [2.24, 2.45) is 0 Å². The van der Waals surface area contributed by atoms with Crippen molar-refractivity contribution < 1.29 is 14.7 Å². The van der Waals surface area contributed by atoms with Gasteiger partial charge in [-0.25, -0.2) is 0 Å². The van der Waals surface area contributed by atoms with Gasteiger partial charge in [0.2, 0.25) is 0 Å². The fourth-order valence-corrected chi connectivity index (χ4v) is 1.98. The van der Waals surface area contributed by atoms with Gasteiger partial charge >= 0.3 is 5.97 Å². The lowest BCUT2D eigenvalue weighted by Gasteiger charge is -2.02. The van der Waals surface area contributed by atoms with Crippen LogP contribution in [-0.2, 0) is 4.79 Å². The van der Waals surface area contributed by atoms with E-state index >= 15 is 0 Å². The molecule has 0 heterocycles. The van der Waals surface area contributed by atoms with Gasteiger partial charge in [0.05, 0.1) is 5.75 Å². The third-order valence-electron chi connectivity index (χ3n) is 2.30. The van der Waals surface area contributed by atoms with Gasteiger partial charge in [-0.3, -0.25) is 9.59 Å². The zero-order valence-corrected chi connectivity index (χ0v) is 10.6. The molecule has 0 aliphatic heterocycles. The monoisotopic (exact) mass is 252 g/mol. The predicted molar refractivity (Wildman–Crippen MR) is 68.7 cm³/mol. The van der Waals surface area contributed by atoms with Gasteiger partial charge < -0.3 is 5.11 Å². The predicted octanol–water partition coefficient (Wildman–Crippen LogP) is 3.24. The largest absolute Gasteiger partial charge is 0.481 e. The van der Waals surface area contributed by atoms with Gasteiger partial charge in [-0.15, -0.1) is 11.8 Å². The maximum absolute atomic E-state index is 11.7. The number of hydrogen-bond donors (Lipinski definition) is 1. The molecule has 1 aromatic rings. The summed E-state index contributed by atoms with van der Waals surface area (Å²) in [4.78, 5) is 22.9. The molecule has 17 heavy (non-hydrogen) atoms. The van der Waals surface area contributed by atoms with Crippen LogP contribution in [0.1, 0.15) is 36.5 Å². The average Bonchev–Trinajstić information content (AvgIpc) is 2.34. The molecule has 0 saturated heterocycles. The number of benzene rings is 1. The van der Waals surface area contributed by atoms with E-state index in [-0.39, 0.29) is 11.5 Å². The summed E-state index contributed by atoms with van der Waals surface area (Å²) in [5, 5.41) is 8.54. The minimum atomic E-state index is -0.835. The number of carbonyl (C=O) groups excluding carboxylic acids is 1. The molecular weight excluding hydrogens is 236 g/mol. The molecule has 0 bridgehead atoms. The van der Waals surface area contributed by atoms with Crippen LogP contribution in [0.2, 0.25) is 0 Å². The van der Waals surface area contributed by atoms with E-state index in [4.69, 9.17) is 5.11 Å². The lowest BCUT2D eigenvalue weighted by molar-refractivity contribution is -0.133. The summed E-state index contributed by atoms with van der Waals surface area (Å²) >= 11 is 1.26. The Morgan fingerprint density at radius 2 is 1.88 bits per heavy atom. The normalized spacial score (nSPS) is 10.2. The van der Waals surface area contributed by atoms with E-state index in [9.17, 15) is 9.59 Å². The number of carboxylic acid groups (broad SMARTS) is 1. The first-order valence-corrected chi connectivity index (χ1v) is 6.60. The fraction of sp³-hybridized carbons (Fsp3) is 0.385. The molecule has 1 rings (SSSR count). The van der Waals surface area contributed by atoms with Gasteiger partial charge in [0.15, 0.2) is 5.78 Å². The number of rotatable bonds is 7. The summed E-state index contributed by atoms with van der Waals surface area (Å²) in [6.45, 7) is 2.05. The van der Waals surface area contributed by atoms with Crippen LogP contribution in [-0.4, -0.2) is 22.6 Å². The van der Waals surface area contributed by atoms with Crippen LogP contribution in [0, 0.1) is 0 Å². The van der Waals surface area contributed by atoms with Crippen molar-refractivity contribution >= 4 is 23.5 Å². The van der Waals surface area contributed by atoms with Crippen LogP contribution in [0.4, 0.5) is 0 Å². The zero-order valence-electron chi connectivity index (χ0n) is 9.81. The number of carbonyl (C=O) groups is 2. The van der Waals surface area contributed by atoms with E-state index in [1.54, 1.807) is 24.3 Å². The second-order valence-corrected chi connectivity index (χ2v) is 4.78. The average molecular weight is 252 g/mol. The van der Waals surface area contributed by atoms with Crippen LogP contribution in [0.5, 0.6) is 0 Å². The minimum Gasteiger partial charge on any atom is -0.481 e. The molecule has 3 nitrogen and oxygen atoms in total. The molecule has 0 amide bonds. The Hall–Kier alpha value is -1.29. The second kappa shape index (κ2) is 7.12. The Morgan fingerprint density at radius 1 is 1.24 bits per heavy atom. The smallest absolute Gasteiger partial charge is 0.313 e. The van der Waals surface area contributed by atoms with Crippen molar-refractivity contribution in [3.63, 3.8) is 0 Å². The van der Waals surface area contributed by atoms with Crippen LogP contribution in [0.15, 0.2) is 29.2 Å². The number of unbranched alkanes of at least 4 members (excludes halogenated alkanes) is 1. The molecule has 0 atom stereocenters. The van der Waals surface area contributed by atoms with Crippen molar-refractivity contribution in [3.8, 4) is 0 Å². The molecule has 0 spiro atoms. The van der Waals surface area contributed by atoms with E-state index in [2.05, 4.69) is 6.92 Å². The molecule has 0 aromatic heterocycles. The number of thioether (sulfide) groups is 1. The van der Waals surface area contributed by atoms with Gasteiger partial charge in [-0.1, -0.05) is 25.5 Å². The first-order chi connectivity index (χ1) is 8.13. The third kappa shape index (κ3) is 5.04. The minimum absolute atomic E-state index is 0.0448. The van der Waals surface area contributed by atoms with E-state index in [0.29, 0.717) is 12.0 Å². The molecule has 4 heteroatoms. The maximum Gasteiger partial charge on any atom is 0.313 e. The molecule has 0 aliphatic carbocycles. The Balaban J connectivity index is 2.55. The molecule has 0 unspecified atom stereocenters. The lowest BCUT2D eigenvalue weighted by atomic mass is 10.1. The topological polar surface area (TPSA) is 54.4 Å². The number of Topliss-reactive ketones (excluding diaryl/α,β-unsaturated/α-hetero) is 1. The van der Waals surface area contributed by atoms with Crippen molar-refractivity contribution in [3.05, 3.63) is 29.8 Å². The van der Waals surface area contributed by atoms with Gasteiger partial charge in [-0.05, 0) is 18.6 Å². The van der Waals surface area contributed by atoms with Crippen LogP contribution < -0.4 is 0 Å². The second-order valence-electron chi connectivity index (χ2n) is 3.73. The highest BCUT2D eigenvalue weighted by molar-refractivity contribution is 8.00. The summed E-state index contributed by atoms with van der Waals surface area (Å²) in [6, 6.07) is 7.13. The zero-order chi connectivity index (χ0) is 12.7. The highest BCUT2D eigenvalue weighted by Crippen LogP contribution is 2.19. The van der Waals surface area contributed by atoms with E-state index < -0.39 is 5.97 Å². The number of ketones is 1. The summed E-state index contributed by atoms with van der Waals surface area (Å²) in [6.07, 6.45) is 2.50. The Morgan fingerprint density at radius 3 is 2.41 bits per heavy atom. The first kappa shape index (κ1) is 13.8. The Bertz CT molecular complexity index is 384. The summed E-state index contributed by atoms with van der Waals surface area (Å²) in [7, 11) is 0. The van der Waals surface area contributed by atoms with Crippen molar-refractivity contribution in [1.82, 2.24) is 0 Å². The molecular formula is C13H16O3S. The quantitative estimate of drug-likeness (QED) is 0.598. The van der Waals surface area contributed by atoms with Gasteiger partial charge in [0.25, 0.3) is 0 Å². The van der Waals surface area contributed by atoms with Crippen molar-refractivity contribution in [2.45, 2.75) is 31.1 Å². The van der Waals surface area contributed by atoms with E-state index in [0.717, 1.165) is 17.7 Å².